The van der Waals surface area contributed by atoms with Crippen molar-refractivity contribution in [3.8, 4) is 0 Å². The van der Waals surface area contributed by atoms with Gasteiger partial charge in [0.25, 0.3) is 0 Å². The van der Waals surface area contributed by atoms with E-state index in [1.807, 2.05) is 12.3 Å². The molecule has 1 aromatic heterocycles. The van der Waals surface area contributed by atoms with Crippen molar-refractivity contribution in [1.82, 2.24) is 15.1 Å². The van der Waals surface area contributed by atoms with Crippen molar-refractivity contribution in [1.29, 1.82) is 0 Å². The average Bonchev–Trinajstić information content (AvgIpc) is 2.98. The van der Waals surface area contributed by atoms with Gasteiger partial charge in [0.2, 0.25) is 0 Å². The van der Waals surface area contributed by atoms with Crippen LogP contribution in [0.4, 0.5) is 4.39 Å². The third-order valence-corrected chi connectivity index (χ3v) is 3.84. The Labute approximate surface area is 112 Å². The van der Waals surface area contributed by atoms with Crippen molar-refractivity contribution >= 4 is 0 Å². The maximum atomic E-state index is 13.2. The van der Waals surface area contributed by atoms with Crippen LogP contribution in [0, 0.1) is 12.7 Å². The normalized spacial score (nSPS) is 20.0. The molecule has 19 heavy (non-hydrogen) atoms. The van der Waals surface area contributed by atoms with Gasteiger partial charge in [-0.15, -0.1) is 0 Å². The quantitative estimate of drug-likeness (QED) is 0.918. The van der Waals surface area contributed by atoms with Crippen LogP contribution in [-0.4, -0.2) is 21.6 Å². The highest BCUT2D eigenvalue weighted by Gasteiger charge is 2.28. The van der Waals surface area contributed by atoms with Crippen molar-refractivity contribution < 1.29 is 4.39 Å². The van der Waals surface area contributed by atoms with E-state index in [1.54, 1.807) is 12.1 Å². The van der Waals surface area contributed by atoms with Gasteiger partial charge in [-0.3, -0.25) is 10.00 Å². The minimum atomic E-state index is -0.161. The van der Waals surface area contributed by atoms with Gasteiger partial charge in [0, 0.05) is 6.54 Å². The summed E-state index contributed by atoms with van der Waals surface area (Å²) < 4.78 is 13.2. The number of benzene rings is 1. The molecule has 1 N–H and O–H groups in total. The van der Waals surface area contributed by atoms with Crippen LogP contribution < -0.4 is 0 Å². The Morgan fingerprint density at radius 3 is 3.11 bits per heavy atom. The fraction of sp³-hybridized carbons (Fsp3) is 0.400. The first kappa shape index (κ1) is 12.4. The zero-order valence-corrected chi connectivity index (χ0v) is 11.1. The molecule has 0 saturated carbocycles. The van der Waals surface area contributed by atoms with Crippen LogP contribution in [0.2, 0.25) is 0 Å². The molecule has 0 spiro atoms. The second kappa shape index (κ2) is 5.13. The molecule has 4 heteroatoms. The van der Waals surface area contributed by atoms with E-state index in [0.29, 0.717) is 6.04 Å². The molecule has 1 atom stereocenters. The summed E-state index contributed by atoms with van der Waals surface area (Å²) in [7, 11) is 0. The van der Waals surface area contributed by atoms with Crippen LogP contribution in [0.3, 0.4) is 0 Å². The molecule has 3 rings (SSSR count). The predicted octanol–water partition coefficient (Wildman–Crippen LogP) is 3.19. The summed E-state index contributed by atoms with van der Waals surface area (Å²) in [5.74, 6) is -0.161. The third-order valence-electron chi connectivity index (χ3n) is 3.84. The van der Waals surface area contributed by atoms with Crippen molar-refractivity contribution in [2.75, 3.05) is 6.54 Å². The largest absolute Gasteiger partial charge is 0.291 e. The van der Waals surface area contributed by atoms with Crippen LogP contribution in [-0.2, 0) is 6.54 Å². The fourth-order valence-corrected chi connectivity index (χ4v) is 2.91. The van der Waals surface area contributed by atoms with Crippen molar-refractivity contribution in [2.45, 2.75) is 32.4 Å². The van der Waals surface area contributed by atoms with E-state index in [-0.39, 0.29) is 5.82 Å². The highest BCUT2D eigenvalue weighted by Crippen LogP contribution is 2.33. The molecule has 1 fully saturated rings. The number of hydrogen-bond donors (Lipinski definition) is 1. The van der Waals surface area contributed by atoms with Gasteiger partial charge in [-0.05, 0) is 49.6 Å². The molecule has 2 aromatic rings. The molecule has 100 valence electrons. The number of nitrogens with one attached hydrogen (secondary N) is 1. The SMILES string of the molecule is Cc1cn[nH]c1[C@@H]1CCCN1Cc1cccc(F)c1. The minimum absolute atomic E-state index is 0.161. The van der Waals surface area contributed by atoms with Crippen LogP contribution in [0.25, 0.3) is 0 Å². The van der Waals surface area contributed by atoms with E-state index in [4.69, 9.17) is 0 Å². The lowest BCUT2D eigenvalue weighted by Gasteiger charge is -2.24. The van der Waals surface area contributed by atoms with Gasteiger partial charge < -0.3 is 0 Å². The zero-order valence-electron chi connectivity index (χ0n) is 11.1. The first-order valence-electron chi connectivity index (χ1n) is 6.72. The molecule has 1 aliphatic rings. The van der Waals surface area contributed by atoms with Crippen molar-refractivity contribution in [3.05, 3.63) is 53.1 Å². The van der Waals surface area contributed by atoms with Gasteiger partial charge in [0.05, 0.1) is 17.9 Å². The van der Waals surface area contributed by atoms with Gasteiger partial charge >= 0.3 is 0 Å². The summed E-state index contributed by atoms with van der Waals surface area (Å²) in [5, 5.41) is 7.22. The van der Waals surface area contributed by atoms with Gasteiger partial charge in [-0.2, -0.15) is 5.10 Å². The number of rotatable bonds is 3. The van der Waals surface area contributed by atoms with Gasteiger partial charge in [-0.25, -0.2) is 4.39 Å². The summed E-state index contributed by atoms with van der Waals surface area (Å²) in [6.07, 6.45) is 4.19. The van der Waals surface area contributed by atoms with E-state index < -0.39 is 0 Å². The molecule has 0 radical (unpaired) electrons. The highest BCUT2D eigenvalue weighted by molar-refractivity contribution is 5.21. The predicted molar refractivity (Wildman–Crippen MR) is 72.1 cm³/mol. The number of aromatic amines is 1. The van der Waals surface area contributed by atoms with Gasteiger partial charge in [0.15, 0.2) is 0 Å². The van der Waals surface area contributed by atoms with Gasteiger partial charge in [-0.1, -0.05) is 12.1 Å². The Morgan fingerprint density at radius 2 is 2.37 bits per heavy atom. The molecule has 1 aromatic carbocycles. The van der Waals surface area contributed by atoms with Crippen molar-refractivity contribution in [3.63, 3.8) is 0 Å². The zero-order chi connectivity index (χ0) is 13.2. The lowest BCUT2D eigenvalue weighted by molar-refractivity contribution is 0.243. The monoisotopic (exact) mass is 259 g/mol. The van der Waals surface area contributed by atoms with E-state index in [0.717, 1.165) is 25.1 Å². The van der Waals surface area contributed by atoms with E-state index in [1.165, 1.54) is 23.7 Å². The lowest BCUT2D eigenvalue weighted by Crippen LogP contribution is -2.23. The second-order valence-electron chi connectivity index (χ2n) is 5.23. The summed E-state index contributed by atoms with van der Waals surface area (Å²) in [4.78, 5) is 2.40. The van der Waals surface area contributed by atoms with E-state index in [9.17, 15) is 4.39 Å². The van der Waals surface area contributed by atoms with E-state index in [2.05, 4.69) is 22.0 Å². The summed E-state index contributed by atoms with van der Waals surface area (Å²) in [5.41, 5.74) is 3.44. The Bertz CT molecular complexity index is 564. The second-order valence-corrected chi connectivity index (χ2v) is 5.23. The van der Waals surface area contributed by atoms with Crippen LogP contribution in [0.15, 0.2) is 30.5 Å². The summed E-state index contributed by atoms with van der Waals surface area (Å²) in [6, 6.07) is 7.25. The molecular weight excluding hydrogens is 241 g/mol. The third kappa shape index (κ3) is 2.54. The molecular formula is C15H18FN3. The molecule has 2 heterocycles. The molecule has 0 aliphatic carbocycles. The van der Waals surface area contributed by atoms with Crippen LogP contribution >= 0.6 is 0 Å². The molecule has 0 bridgehead atoms. The molecule has 1 aliphatic heterocycles. The smallest absolute Gasteiger partial charge is 0.123 e. The number of hydrogen-bond acceptors (Lipinski definition) is 2. The highest BCUT2D eigenvalue weighted by atomic mass is 19.1. The topological polar surface area (TPSA) is 31.9 Å². The van der Waals surface area contributed by atoms with Crippen LogP contribution in [0.5, 0.6) is 0 Å². The van der Waals surface area contributed by atoms with E-state index >= 15 is 0 Å². The molecule has 0 amide bonds. The maximum absolute atomic E-state index is 13.2. The summed E-state index contributed by atoms with van der Waals surface area (Å²) >= 11 is 0. The Kier molecular flexibility index (Phi) is 3.34. The lowest BCUT2D eigenvalue weighted by atomic mass is 10.1. The maximum Gasteiger partial charge on any atom is 0.123 e. The molecule has 1 saturated heterocycles. The van der Waals surface area contributed by atoms with Crippen molar-refractivity contribution in [2.24, 2.45) is 0 Å². The number of halogens is 1. The number of aryl methyl sites for hydroxylation is 1. The molecule has 3 nitrogen and oxygen atoms in total. The number of H-pyrrole nitrogens is 1. The number of aromatic nitrogens is 2. The minimum Gasteiger partial charge on any atom is -0.291 e. The average molecular weight is 259 g/mol. The Hall–Kier alpha value is -1.68. The fourth-order valence-electron chi connectivity index (χ4n) is 2.91. The first-order chi connectivity index (χ1) is 9.24. The van der Waals surface area contributed by atoms with Crippen LogP contribution in [0.1, 0.15) is 35.7 Å². The standard InChI is InChI=1S/C15H18FN3/c1-11-9-17-18-15(11)14-6-3-7-19(14)10-12-4-2-5-13(16)8-12/h2,4-5,8-9,14H,3,6-7,10H2,1H3,(H,17,18)/t14-/m0/s1. The summed E-state index contributed by atoms with van der Waals surface area (Å²) in [6.45, 7) is 3.93. The first-order valence-corrected chi connectivity index (χ1v) is 6.72. The number of nitrogens with zero attached hydrogens (tertiary/aromatic N) is 2. The number of likely N-dealkylation sites (tertiary alicyclic amines) is 1. The van der Waals surface area contributed by atoms with Gasteiger partial charge in [0.1, 0.15) is 5.82 Å². The Morgan fingerprint density at radius 1 is 1.47 bits per heavy atom. The Balaban J connectivity index is 1.79. The molecule has 0 unspecified atom stereocenters.